The number of H-pyrrole nitrogens is 1. The van der Waals surface area contributed by atoms with Crippen LogP contribution in [0.25, 0.3) is 34.4 Å². The standard InChI is InChI=1S/C19H16N8O3/c1-27(2)19(29)11-5-3-10(4-6-11)12-9-23-15(20)13(24-12)17-25-26-18(30-17)14-16(28)22-8-7-21-14/h3-9H,1-2H3,(H2,20,23)(H,22,28). The highest BCUT2D eigenvalue weighted by molar-refractivity contribution is 5.94. The molecule has 0 fully saturated rings. The van der Waals surface area contributed by atoms with Crippen molar-refractivity contribution in [1.82, 2.24) is 35.0 Å². The highest BCUT2D eigenvalue weighted by atomic mass is 16.4. The molecule has 0 atom stereocenters. The summed E-state index contributed by atoms with van der Waals surface area (Å²) in [6, 6.07) is 6.92. The normalized spacial score (nSPS) is 10.7. The van der Waals surface area contributed by atoms with Gasteiger partial charge in [-0.1, -0.05) is 12.1 Å². The number of hydrogen-bond donors (Lipinski definition) is 2. The minimum Gasteiger partial charge on any atom is -0.413 e. The molecule has 11 nitrogen and oxygen atoms in total. The van der Waals surface area contributed by atoms with Crippen LogP contribution >= 0.6 is 0 Å². The van der Waals surface area contributed by atoms with Crippen molar-refractivity contribution in [2.24, 2.45) is 0 Å². The number of anilines is 1. The predicted octanol–water partition coefficient (Wildman–Crippen LogP) is 1.23. The summed E-state index contributed by atoms with van der Waals surface area (Å²) in [6.07, 6.45) is 4.30. The van der Waals surface area contributed by atoms with Crippen molar-refractivity contribution in [1.29, 1.82) is 0 Å². The molecule has 3 heterocycles. The second-order valence-corrected chi connectivity index (χ2v) is 6.45. The van der Waals surface area contributed by atoms with Crippen LogP contribution in [-0.4, -0.2) is 55.0 Å². The number of rotatable bonds is 4. The zero-order valence-corrected chi connectivity index (χ0v) is 16.0. The number of amides is 1. The number of aromatic amines is 1. The first-order valence-corrected chi connectivity index (χ1v) is 8.76. The Morgan fingerprint density at radius 1 is 1.07 bits per heavy atom. The lowest BCUT2D eigenvalue weighted by Gasteiger charge is -2.10. The number of nitrogens with one attached hydrogen (secondary N) is 1. The first-order chi connectivity index (χ1) is 14.4. The number of hydrogen-bond acceptors (Lipinski definition) is 9. The molecule has 0 radical (unpaired) electrons. The molecular weight excluding hydrogens is 388 g/mol. The zero-order valence-electron chi connectivity index (χ0n) is 16.0. The molecule has 4 rings (SSSR count). The second-order valence-electron chi connectivity index (χ2n) is 6.45. The molecule has 11 heteroatoms. The van der Waals surface area contributed by atoms with E-state index in [-0.39, 0.29) is 34.9 Å². The third kappa shape index (κ3) is 3.51. The molecule has 3 aromatic heterocycles. The Labute approximate surface area is 169 Å². The largest absolute Gasteiger partial charge is 0.413 e. The first-order valence-electron chi connectivity index (χ1n) is 8.76. The van der Waals surface area contributed by atoms with Crippen LogP contribution in [0.3, 0.4) is 0 Å². The zero-order chi connectivity index (χ0) is 21.3. The Hall–Kier alpha value is -4.41. The predicted molar refractivity (Wildman–Crippen MR) is 107 cm³/mol. The van der Waals surface area contributed by atoms with E-state index in [1.807, 2.05) is 0 Å². The van der Waals surface area contributed by atoms with Gasteiger partial charge in [0, 0.05) is 37.6 Å². The maximum atomic E-state index is 12.0. The molecule has 0 aliphatic rings. The molecule has 4 aromatic rings. The van der Waals surface area contributed by atoms with Crippen molar-refractivity contribution in [2.45, 2.75) is 0 Å². The molecule has 3 N–H and O–H groups in total. The lowest BCUT2D eigenvalue weighted by molar-refractivity contribution is 0.0827. The molecule has 0 bridgehead atoms. The van der Waals surface area contributed by atoms with E-state index in [9.17, 15) is 9.59 Å². The topological polar surface area (TPSA) is 157 Å². The number of nitrogens with two attached hydrogens (primary N) is 1. The van der Waals surface area contributed by atoms with Gasteiger partial charge in [0.25, 0.3) is 23.2 Å². The van der Waals surface area contributed by atoms with Gasteiger partial charge in [0.15, 0.2) is 17.2 Å². The van der Waals surface area contributed by atoms with E-state index in [2.05, 4.69) is 30.1 Å². The van der Waals surface area contributed by atoms with E-state index in [1.54, 1.807) is 38.4 Å². The van der Waals surface area contributed by atoms with Crippen LogP contribution in [0.2, 0.25) is 0 Å². The lowest BCUT2D eigenvalue weighted by atomic mass is 10.1. The van der Waals surface area contributed by atoms with Crippen LogP contribution in [0.1, 0.15) is 10.4 Å². The molecule has 0 unspecified atom stereocenters. The number of carbonyl (C=O) groups is 1. The van der Waals surface area contributed by atoms with Gasteiger partial charge < -0.3 is 20.0 Å². The third-order valence-corrected chi connectivity index (χ3v) is 4.17. The van der Waals surface area contributed by atoms with Gasteiger partial charge in [0.05, 0.1) is 11.9 Å². The highest BCUT2D eigenvalue weighted by Crippen LogP contribution is 2.26. The van der Waals surface area contributed by atoms with E-state index in [0.717, 1.165) is 5.56 Å². The highest BCUT2D eigenvalue weighted by Gasteiger charge is 2.19. The van der Waals surface area contributed by atoms with E-state index >= 15 is 0 Å². The van der Waals surface area contributed by atoms with Crippen molar-refractivity contribution in [3.63, 3.8) is 0 Å². The molecule has 1 aromatic carbocycles. The summed E-state index contributed by atoms with van der Waals surface area (Å²) in [6.45, 7) is 0. The van der Waals surface area contributed by atoms with Crippen molar-refractivity contribution >= 4 is 11.7 Å². The molecule has 0 spiro atoms. The van der Waals surface area contributed by atoms with Crippen LogP contribution in [-0.2, 0) is 0 Å². The molecule has 0 saturated carbocycles. The number of carbonyl (C=O) groups excluding carboxylic acids is 1. The molecule has 0 saturated heterocycles. The number of nitrogen functional groups attached to an aromatic ring is 1. The average Bonchev–Trinajstić information content (AvgIpc) is 3.23. The quantitative estimate of drug-likeness (QED) is 0.510. The van der Waals surface area contributed by atoms with Crippen LogP contribution in [0.15, 0.2) is 52.1 Å². The summed E-state index contributed by atoms with van der Waals surface area (Å²) in [5, 5.41) is 7.76. The SMILES string of the molecule is CN(C)C(=O)c1ccc(-c2cnc(N)c(-c3nnc(-c4ncc[nH]c4=O)o3)n2)cc1. The summed E-state index contributed by atoms with van der Waals surface area (Å²) in [7, 11) is 3.37. The molecule has 150 valence electrons. The Morgan fingerprint density at radius 3 is 2.43 bits per heavy atom. The third-order valence-electron chi connectivity index (χ3n) is 4.17. The van der Waals surface area contributed by atoms with Crippen molar-refractivity contribution < 1.29 is 9.21 Å². The fourth-order valence-electron chi connectivity index (χ4n) is 2.66. The van der Waals surface area contributed by atoms with Crippen molar-refractivity contribution in [2.75, 3.05) is 19.8 Å². The van der Waals surface area contributed by atoms with E-state index in [1.165, 1.54) is 23.5 Å². The Morgan fingerprint density at radius 2 is 1.77 bits per heavy atom. The van der Waals surface area contributed by atoms with Gasteiger partial charge in [0.1, 0.15) is 0 Å². The minimum absolute atomic E-state index is 0.00121. The summed E-state index contributed by atoms with van der Waals surface area (Å²) in [5.74, 6) is -0.0804. The van der Waals surface area contributed by atoms with E-state index in [0.29, 0.717) is 11.3 Å². The van der Waals surface area contributed by atoms with Crippen molar-refractivity contribution in [3.8, 4) is 34.4 Å². The van der Waals surface area contributed by atoms with Crippen LogP contribution in [0.4, 0.5) is 5.82 Å². The second kappa shape index (κ2) is 7.54. The lowest BCUT2D eigenvalue weighted by Crippen LogP contribution is -2.21. The molecule has 1 amide bonds. The van der Waals surface area contributed by atoms with Gasteiger partial charge in [-0.15, -0.1) is 10.2 Å². The van der Waals surface area contributed by atoms with Crippen molar-refractivity contribution in [3.05, 3.63) is 58.8 Å². The van der Waals surface area contributed by atoms with Gasteiger partial charge in [-0.25, -0.2) is 15.0 Å². The number of nitrogens with zero attached hydrogens (tertiary/aromatic N) is 6. The fraction of sp³-hybridized carbons (Fsp3) is 0.105. The summed E-state index contributed by atoms with van der Waals surface area (Å²) >= 11 is 0. The maximum Gasteiger partial charge on any atom is 0.279 e. The van der Waals surface area contributed by atoms with Gasteiger partial charge in [0.2, 0.25) is 0 Å². The van der Waals surface area contributed by atoms with E-state index < -0.39 is 5.56 Å². The molecule has 30 heavy (non-hydrogen) atoms. The number of benzene rings is 1. The Bertz CT molecular complexity index is 1280. The first kappa shape index (κ1) is 18.9. The minimum atomic E-state index is -0.465. The molecule has 0 aliphatic heterocycles. The summed E-state index contributed by atoms with van der Waals surface area (Å²) in [5.41, 5.74) is 7.41. The Kier molecular flexibility index (Phi) is 4.76. The van der Waals surface area contributed by atoms with E-state index in [4.69, 9.17) is 10.2 Å². The van der Waals surface area contributed by atoms with Gasteiger partial charge >= 0.3 is 0 Å². The molecule has 0 aliphatic carbocycles. The van der Waals surface area contributed by atoms with Gasteiger partial charge in [-0.3, -0.25) is 9.59 Å². The maximum absolute atomic E-state index is 12.0. The fourth-order valence-corrected chi connectivity index (χ4v) is 2.66. The monoisotopic (exact) mass is 404 g/mol. The molecular formula is C19H16N8O3. The Balaban J connectivity index is 1.69. The average molecular weight is 404 g/mol. The summed E-state index contributed by atoms with van der Waals surface area (Å²) < 4.78 is 5.55. The van der Waals surface area contributed by atoms with Crippen LogP contribution in [0.5, 0.6) is 0 Å². The summed E-state index contributed by atoms with van der Waals surface area (Å²) in [4.78, 5) is 40.4. The van der Waals surface area contributed by atoms with Gasteiger partial charge in [-0.2, -0.15) is 0 Å². The van der Waals surface area contributed by atoms with Crippen LogP contribution in [0, 0.1) is 0 Å². The smallest absolute Gasteiger partial charge is 0.279 e. The van der Waals surface area contributed by atoms with Crippen LogP contribution < -0.4 is 11.3 Å². The van der Waals surface area contributed by atoms with Gasteiger partial charge in [-0.05, 0) is 12.1 Å². The number of aromatic nitrogens is 6.